The second kappa shape index (κ2) is 11.6. The van der Waals surface area contributed by atoms with Gasteiger partial charge in [-0.1, -0.05) is 35.4 Å². The molecule has 0 aliphatic heterocycles. The zero-order valence-corrected chi connectivity index (χ0v) is 13.0. The summed E-state index contributed by atoms with van der Waals surface area (Å²) in [4.78, 5) is 14.8. The third-order valence-corrected chi connectivity index (χ3v) is 3.19. The number of nitrogens with one attached hydrogen (secondary N) is 3. The molecule has 0 aliphatic carbocycles. The van der Waals surface area contributed by atoms with Crippen LogP contribution >= 0.6 is 0 Å². The Hall–Kier alpha value is -2.08. The van der Waals surface area contributed by atoms with Crippen molar-refractivity contribution in [1.29, 1.82) is 0 Å². The summed E-state index contributed by atoms with van der Waals surface area (Å²) in [6.45, 7) is 3.02. The highest BCUT2D eigenvalue weighted by molar-refractivity contribution is 5.81. The maximum absolute atomic E-state index is 12.1. The van der Waals surface area contributed by atoms with Gasteiger partial charge in [0.1, 0.15) is 6.04 Å². The van der Waals surface area contributed by atoms with Gasteiger partial charge in [-0.25, -0.2) is 0 Å². The number of rotatable bonds is 11. The van der Waals surface area contributed by atoms with Gasteiger partial charge in [-0.3, -0.25) is 4.79 Å². The number of hydrogen-bond donors (Lipinski definition) is 3. The summed E-state index contributed by atoms with van der Waals surface area (Å²) in [7, 11) is 1.90. The Morgan fingerprint density at radius 1 is 1.27 bits per heavy atom. The first-order valence-corrected chi connectivity index (χ1v) is 7.49. The molecular formula is C15H24N6O. The van der Waals surface area contributed by atoms with Crippen LogP contribution in [0.1, 0.15) is 18.4 Å². The summed E-state index contributed by atoms with van der Waals surface area (Å²) in [5.41, 5.74) is 9.62. The highest BCUT2D eigenvalue weighted by Gasteiger charge is 2.15. The van der Waals surface area contributed by atoms with E-state index in [2.05, 4.69) is 26.0 Å². The van der Waals surface area contributed by atoms with Crippen molar-refractivity contribution in [3.8, 4) is 0 Å². The first kappa shape index (κ1) is 18.0. The van der Waals surface area contributed by atoms with Gasteiger partial charge in [-0.15, -0.1) is 0 Å². The lowest BCUT2D eigenvalue weighted by Gasteiger charge is -2.12. The number of amides is 1. The number of carbonyl (C=O) groups excluding carboxylic acids is 1. The summed E-state index contributed by atoms with van der Waals surface area (Å²) >= 11 is 0. The molecule has 1 aromatic carbocycles. The Kier molecular flexibility index (Phi) is 9.45. The molecule has 1 amide bonds. The van der Waals surface area contributed by atoms with E-state index in [1.54, 1.807) is 0 Å². The fourth-order valence-electron chi connectivity index (χ4n) is 1.97. The summed E-state index contributed by atoms with van der Waals surface area (Å²) in [5.74, 6) is -0.225. The molecular weight excluding hydrogens is 280 g/mol. The van der Waals surface area contributed by atoms with Gasteiger partial charge < -0.3 is 16.0 Å². The molecule has 120 valence electrons. The highest BCUT2D eigenvalue weighted by Crippen LogP contribution is 2.04. The molecule has 0 aliphatic rings. The van der Waals surface area contributed by atoms with Gasteiger partial charge in [0.25, 0.3) is 0 Å². The van der Waals surface area contributed by atoms with Crippen molar-refractivity contribution in [3.05, 3.63) is 46.3 Å². The van der Waals surface area contributed by atoms with E-state index in [4.69, 9.17) is 5.53 Å². The van der Waals surface area contributed by atoms with Crippen molar-refractivity contribution in [2.75, 3.05) is 26.7 Å². The lowest BCUT2D eigenvalue weighted by molar-refractivity contribution is -0.122. The number of nitrogens with zero attached hydrogens (tertiary/aromatic N) is 3. The third kappa shape index (κ3) is 7.64. The van der Waals surface area contributed by atoms with Gasteiger partial charge in [-0.2, -0.15) is 0 Å². The molecule has 7 heteroatoms. The van der Waals surface area contributed by atoms with Crippen molar-refractivity contribution in [2.45, 2.75) is 25.4 Å². The van der Waals surface area contributed by atoms with Crippen molar-refractivity contribution in [1.82, 2.24) is 16.0 Å². The summed E-state index contributed by atoms with van der Waals surface area (Å²) in [5, 5.41) is 12.7. The number of benzene rings is 1. The molecule has 0 spiro atoms. The molecule has 1 atom stereocenters. The van der Waals surface area contributed by atoms with E-state index in [1.807, 2.05) is 37.4 Å². The minimum Gasteiger partial charge on any atom is -0.352 e. The molecule has 22 heavy (non-hydrogen) atoms. The Morgan fingerprint density at radius 2 is 2.05 bits per heavy atom. The molecule has 0 aromatic heterocycles. The minimum absolute atomic E-state index is 0.225. The second-order valence-corrected chi connectivity index (χ2v) is 4.92. The van der Waals surface area contributed by atoms with Crippen molar-refractivity contribution in [3.63, 3.8) is 0 Å². The molecule has 0 bridgehead atoms. The van der Waals surface area contributed by atoms with E-state index >= 15 is 0 Å². The van der Waals surface area contributed by atoms with Gasteiger partial charge in [-0.05, 0) is 37.5 Å². The van der Waals surface area contributed by atoms with E-state index in [0.29, 0.717) is 13.0 Å². The topological polar surface area (TPSA) is 102 Å². The Labute approximate surface area is 131 Å². The van der Waals surface area contributed by atoms with Crippen LogP contribution in [-0.4, -0.2) is 38.6 Å². The first-order valence-electron chi connectivity index (χ1n) is 7.49. The zero-order chi connectivity index (χ0) is 16.0. The number of azide groups is 1. The van der Waals surface area contributed by atoms with Gasteiger partial charge in [0, 0.05) is 24.5 Å². The average Bonchev–Trinajstić information content (AvgIpc) is 2.55. The average molecular weight is 304 g/mol. The number of carbonyl (C=O) groups is 1. The van der Waals surface area contributed by atoms with Crippen molar-refractivity contribution >= 4 is 5.91 Å². The smallest absolute Gasteiger partial charge is 0.229 e. The Balaban J connectivity index is 2.32. The van der Waals surface area contributed by atoms with Crippen LogP contribution in [0.3, 0.4) is 0 Å². The fourth-order valence-corrected chi connectivity index (χ4v) is 1.97. The SMILES string of the molecule is CNCCNCCC[C@H](N=[N+]=[N-])C(=O)NCc1ccccc1. The minimum atomic E-state index is -0.653. The molecule has 0 unspecified atom stereocenters. The van der Waals surface area contributed by atoms with Crippen LogP contribution in [0.4, 0.5) is 0 Å². The van der Waals surface area contributed by atoms with Crippen LogP contribution in [0.2, 0.25) is 0 Å². The van der Waals surface area contributed by atoms with Crippen LogP contribution < -0.4 is 16.0 Å². The fraction of sp³-hybridized carbons (Fsp3) is 0.533. The monoisotopic (exact) mass is 304 g/mol. The molecule has 0 saturated heterocycles. The van der Waals surface area contributed by atoms with Crippen LogP contribution in [0.25, 0.3) is 10.4 Å². The second-order valence-electron chi connectivity index (χ2n) is 4.92. The van der Waals surface area contributed by atoms with E-state index in [9.17, 15) is 4.79 Å². The van der Waals surface area contributed by atoms with Gasteiger partial charge >= 0.3 is 0 Å². The Bertz CT molecular complexity index is 472. The van der Waals surface area contributed by atoms with Crippen molar-refractivity contribution < 1.29 is 4.79 Å². The standard InChI is InChI=1S/C15H24N6O/c1-17-10-11-18-9-5-8-14(20-21-16)15(22)19-12-13-6-3-2-4-7-13/h2-4,6-7,14,17-18H,5,8-12H2,1H3,(H,19,22)/t14-/m0/s1. The molecule has 0 heterocycles. The first-order chi connectivity index (χ1) is 10.8. The van der Waals surface area contributed by atoms with E-state index in [0.717, 1.165) is 31.6 Å². The lowest BCUT2D eigenvalue weighted by Crippen LogP contribution is -2.33. The van der Waals surface area contributed by atoms with E-state index < -0.39 is 6.04 Å². The lowest BCUT2D eigenvalue weighted by atomic mass is 10.1. The van der Waals surface area contributed by atoms with Crippen LogP contribution in [0, 0.1) is 0 Å². The zero-order valence-electron chi connectivity index (χ0n) is 13.0. The molecule has 0 fully saturated rings. The van der Waals surface area contributed by atoms with E-state index in [1.165, 1.54) is 0 Å². The largest absolute Gasteiger partial charge is 0.352 e. The summed E-state index contributed by atoms with van der Waals surface area (Å²) in [6, 6.07) is 8.99. The van der Waals surface area contributed by atoms with Crippen LogP contribution in [0.15, 0.2) is 35.4 Å². The maximum Gasteiger partial charge on any atom is 0.229 e. The van der Waals surface area contributed by atoms with Crippen LogP contribution in [0.5, 0.6) is 0 Å². The molecule has 1 rings (SSSR count). The molecule has 3 N–H and O–H groups in total. The molecule has 1 aromatic rings. The van der Waals surface area contributed by atoms with Gasteiger partial charge in [0.05, 0.1) is 0 Å². The van der Waals surface area contributed by atoms with Gasteiger partial charge in [0.2, 0.25) is 5.91 Å². The maximum atomic E-state index is 12.1. The molecule has 0 saturated carbocycles. The summed E-state index contributed by atoms with van der Waals surface area (Å²) < 4.78 is 0. The normalized spacial score (nSPS) is 11.5. The molecule has 7 nitrogen and oxygen atoms in total. The highest BCUT2D eigenvalue weighted by atomic mass is 16.2. The number of likely N-dealkylation sites (N-methyl/N-ethyl adjacent to an activating group) is 1. The van der Waals surface area contributed by atoms with Crippen LogP contribution in [-0.2, 0) is 11.3 Å². The quantitative estimate of drug-likeness (QED) is 0.250. The Morgan fingerprint density at radius 3 is 2.73 bits per heavy atom. The predicted octanol–water partition coefficient (Wildman–Crippen LogP) is 1.57. The van der Waals surface area contributed by atoms with E-state index in [-0.39, 0.29) is 5.91 Å². The number of hydrogen-bond acceptors (Lipinski definition) is 4. The van der Waals surface area contributed by atoms with Crippen molar-refractivity contribution in [2.24, 2.45) is 5.11 Å². The van der Waals surface area contributed by atoms with Gasteiger partial charge in [0.15, 0.2) is 0 Å². The molecule has 0 radical (unpaired) electrons. The third-order valence-electron chi connectivity index (χ3n) is 3.19. The predicted molar refractivity (Wildman–Crippen MR) is 87.3 cm³/mol. The summed E-state index contributed by atoms with van der Waals surface area (Å²) in [6.07, 6.45) is 1.32.